The summed E-state index contributed by atoms with van der Waals surface area (Å²) in [6.45, 7) is 3.90. The van der Waals surface area contributed by atoms with E-state index in [1.807, 2.05) is 60.7 Å². The Bertz CT molecular complexity index is 1140. The molecule has 0 bridgehead atoms. The number of nitrogens with one attached hydrogen (secondary N) is 2. The van der Waals surface area contributed by atoms with Crippen LogP contribution in [-0.2, 0) is 10.0 Å². The van der Waals surface area contributed by atoms with Gasteiger partial charge in [-0.05, 0) is 67.7 Å². The van der Waals surface area contributed by atoms with E-state index in [9.17, 15) is 13.2 Å². The smallest absolute Gasteiger partial charge is 0.329 e. The van der Waals surface area contributed by atoms with Crippen molar-refractivity contribution in [2.75, 3.05) is 26.2 Å². The first-order chi connectivity index (χ1) is 17.0. The number of carbonyl (C=O) groups is 1. The molecule has 0 saturated carbocycles. The van der Waals surface area contributed by atoms with Gasteiger partial charge in [-0.1, -0.05) is 60.7 Å². The van der Waals surface area contributed by atoms with Gasteiger partial charge >= 0.3 is 6.03 Å². The van der Waals surface area contributed by atoms with Crippen molar-refractivity contribution >= 4 is 16.1 Å². The van der Waals surface area contributed by atoms with Gasteiger partial charge in [-0.15, -0.1) is 0 Å². The molecule has 0 atom stereocenters. The van der Waals surface area contributed by atoms with Gasteiger partial charge in [0, 0.05) is 6.54 Å². The molecule has 7 nitrogen and oxygen atoms in total. The van der Waals surface area contributed by atoms with E-state index in [4.69, 9.17) is 4.74 Å². The zero-order valence-corrected chi connectivity index (χ0v) is 20.4. The third-order valence-corrected chi connectivity index (χ3v) is 7.34. The minimum absolute atomic E-state index is 0.00645. The second-order valence-corrected chi connectivity index (χ2v) is 10.2. The fourth-order valence-electron chi connectivity index (χ4n) is 4.19. The Morgan fingerprint density at radius 1 is 0.857 bits per heavy atom. The molecular weight excluding hydrogens is 462 g/mol. The molecule has 3 aromatic rings. The topological polar surface area (TPSA) is 87.7 Å². The van der Waals surface area contributed by atoms with Crippen LogP contribution in [0.5, 0.6) is 5.75 Å². The molecule has 2 N–H and O–H groups in total. The number of likely N-dealkylation sites (tertiary alicyclic amines) is 1. The second-order valence-electron chi connectivity index (χ2n) is 8.56. The van der Waals surface area contributed by atoms with Gasteiger partial charge < -0.3 is 15.0 Å². The molecule has 0 radical (unpaired) electrons. The maximum absolute atomic E-state index is 12.8. The van der Waals surface area contributed by atoms with E-state index >= 15 is 0 Å². The first-order valence-electron chi connectivity index (χ1n) is 11.9. The fourth-order valence-corrected chi connectivity index (χ4v) is 5.11. The van der Waals surface area contributed by atoms with Crippen LogP contribution in [0, 0.1) is 0 Å². The number of amides is 2. The van der Waals surface area contributed by atoms with Crippen molar-refractivity contribution in [3.05, 3.63) is 96.1 Å². The lowest BCUT2D eigenvalue weighted by molar-refractivity contribution is 0.243. The lowest BCUT2D eigenvalue weighted by Gasteiger charge is -2.20. The Morgan fingerprint density at radius 2 is 1.43 bits per heavy atom. The number of ether oxygens (including phenoxy) is 1. The van der Waals surface area contributed by atoms with Gasteiger partial charge in [0.2, 0.25) is 0 Å². The molecule has 0 aliphatic carbocycles. The van der Waals surface area contributed by atoms with Gasteiger partial charge in [-0.3, -0.25) is 0 Å². The summed E-state index contributed by atoms with van der Waals surface area (Å²) in [7, 11) is -4.05. The quantitative estimate of drug-likeness (QED) is 0.411. The van der Waals surface area contributed by atoms with Crippen molar-refractivity contribution in [3.8, 4) is 5.75 Å². The molecule has 0 spiro atoms. The molecule has 1 fully saturated rings. The highest BCUT2D eigenvalue weighted by Crippen LogP contribution is 2.22. The SMILES string of the molecule is O=C(NC(c1ccccc1)c1ccccc1)NS(=O)(=O)c1ccc(OCCCN2CCCC2)cc1. The predicted molar refractivity (Wildman–Crippen MR) is 136 cm³/mol. The maximum Gasteiger partial charge on any atom is 0.329 e. The van der Waals surface area contributed by atoms with Crippen LogP contribution in [0.25, 0.3) is 0 Å². The normalized spacial score (nSPS) is 14.1. The Hall–Kier alpha value is -3.36. The average Bonchev–Trinajstić information content (AvgIpc) is 3.40. The molecule has 0 aromatic heterocycles. The van der Waals surface area contributed by atoms with Gasteiger partial charge in [0.15, 0.2) is 0 Å². The van der Waals surface area contributed by atoms with Crippen LogP contribution in [0.3, 0.4) is 0 Å². The standard InChI is InChI=1S/C27H31N3O4S/c31-27(28-26(22-10-3-1-4-11-22)23-12-5-2-6-13-23)29-35(32,33)25-16-14-24(15-17-25)34-21-9-20-30-18-7-8-19-30/h1-6,10-17,26H,7-9,18-21H2,(H2,28,29,31). The Balaban J connectivity index is 1.34. The zero-order valence-electron chi connectivity index (χ0n) is 19.6. The van der Waals surface area contributed by atoms with E-state index in [1.165, 1.54) is 25.0 Å². The van der Waals surface area contributed by atoms with Crippen LogP contribution in [0.1, 0.15) is 36.4 Å². The lowest BCUT2D eigenvalue weighted by atomic mass is 9.99. The molecule has 1 heterocycles. The zero-order chi connectivity index (χ0) is 24.5. The summed E-state index contributed by atoms with van der Waals surface area (Å²) in [4.78, 5) is 15.1. The molecule has 35 heavy (non-hydrogen) atoms. The van der Waals surface area contributed by atoms with Crippen LogP contribution < -0.4 is 14.8 Å². The van der Waals surface area contributed by atoms with E-state index in [2.05, 4.69) is 14.9 Å². The molecule has 1 saturated heterocycles. The van der Waals surface area contributed by atoms with Crippen molar-refractivity contribution in [3.63, 3.8) is 0 Å². The number of hydrogen-bond acceptors (Lipinski definition) is 5. The summed E-state index contributed by atoms with van der Waals surface area (Å²) in [6, 6.07) is 23.6. The van der Waals surface area contributed by atoms with Crippen LogP contribution >= 0.6 is 0 Å². The molecule has 2 amide bonds. The van der Waals surface area contributed by atoms with Crippen molar-refractivity contribution in [1.82, 2.24) is 14.9 Å². The molecule has 184 valence electrons. The molecule has 1 aliphatic rings. The van der Waals surface area contributed by atoms with E-state index in [0.717, 1.165) is 37.2 Å². The Labute approximate surface area is 207 Å². The summed E-state index contributed by atoms with van der Waals surface area (Å²) >= 11 is 0. The molecule has 0 unspecified atom stereocenters. The Morgan fingerprint density at radius 3 is 2.00 bits per heavy atom. The number of nitrogens with zero attached hydrogens (tertiary/aromatic N) is 1. The van der Waals surface area contributed by atoms with Crippen molar-refractivity contribution in [2.24, 2.45) is 0 Å². The summed E-state index contributed by atoms with van der Waals surface area (Å²) in [5, 5.41) is 2.79. The van der Waals surface area contributed by atoms with E-state index in [-0.39, 0.29) is 4.90 Å². The number of urea groups is 1. The molecular formula is C27H31N3O4S. The maximum atomic E-state index is 12.8. The van der Waals surface area contributed by atoms with Crippen LogP contribution in [0.2, 0.25) is 0 Å². The largest absolute Gasteiger partial charge is 0.494 e. The summed E-state index contributed by atoms with van der Waals surface area (Å²) in [5.41, 5.74) is 1.69. The highest BCUT2D eigenvalue weighted by atomic mass is 32.2. The van der Waals surface area contributed by atoms with Crippen molar-refractivity contribution in [2.45, 2.75) is 30.2 Å². The van der Waals surface area contributed by atoms with E-state index < -0.39 is 22.1 Å². The third-order valence-electron chi connectivity index (χ3n) is 5.99. The molecule has 8 heteroatoms. The minimum Gasteiger partial charge on any atom is -0.494 e. The lowest BCUT2D eigenvalue weighted by Crippen LogP contribution is -2.41. The fraction of sp³-hybridized carbons (Fsp3) is 0.296. The van der Waals surface area contributed by atoms with E-state index in [0.29, 0.717) is 12.4 Å². The highest BCUT2D eigenvalue weighted by Gasteiger charge is 2.22. The van der Waals surface area contributed by atoms with Crippen molar-refractivity contribution in [1.29, 1.82) is 0 Å². The number of benzene rings is 3. The monoisotopic (exact) mass is 493 g/mol. The van der Waals surface area contributed by atoms with Gasteiger partial charge in [0.05, 0.1) is 17.5 Å². The predicted octanol–water partition coefficient (Wildman–Crippen LogP) is 4.33. The Kier molecular flexibility index (Phi) is 8.39. The molecule has 1 aliphatic heterocycles. The van der Waals surface area contributed by atoms with Crippen LogP contribution in [0.15, 0.2) is 89.8 Å². The van der Waals surface area contributed by atoms with Gasteiger partial charge in [0.25, 0.3) is 10.0 Å². The molecule has 4 rings (SSSR count). The number of sulfonamides is 1. The van der Waals surface area contributed by atoms with Gasteiger partial charge in [-0.25, -0.2) is 17.9 Å². The molecule has 3 aromatic carbocycles. The average molecular weight is 494 g/mol. The second kappa shape index (κ2) is 11.9. The summed E-state index contributed by atoms with van der Waals surface area (Å²) in [5.74, 6) is 0.600. The van der Waals surface area contributed by atoms with Crippen molar-refractivity contribution < 1.29 is 17.9 Å². The van der Waals surface area contributed by atoms with Gasteiger partial charge in [0.1, 0.15) is 5.75 Å². The van der Waals surface area contributed by atoms with E-state index in [1.54, 1.807) is 12.1 Å². The first-order valence-corrected chi connectivity index (χ1v) is 13.4. The highest BCUT2D eigenvalue weighted by molar-refractivity contribution is 7.90. The summed E-state index contributed by atoms with van der Waals surface area (Å²) < 4.78 is 33.5. The van der Waals surface area contributed by atoms with Crippen LogP contribution in [0.4, 0.5) is 4.79 Å². The minimum atomic E-state index is -4.05. The number of carbonyl (C=O) groups excluding carboxylic acids is 1. The van der Waals surface area contributed by atoms with Crippen LogP contribution in [-0.4, -0.2) is 45.6 Å². The number of rotatable bonds is 10. The summed E-state index contributed by atoms with van der Waals surface area (Å²) in [6.07, 6.45) is 3.45. The first kappa shape index (κ1) is 24.8. The number of hydrogen-bond donors (Lipinski definition) is 2. The third kappa shape index (κ3) is 7.07. The van der Waals surface area contributed by atoms with Gasteiger partial charge in [-0.2, -0.15) is 0 Å².